The topological polar surface area (TPSA) is 20.2 Å². The number of allylic oxidation sites excluding steroid dienone is 2. The van der Waals surface area contributed by atoms with E-state index in [-0.39, 0.29) is 10.8 Å². The first-order chi connectivity index (χ1) is 8.57. The molecular formula is C18H28O. The highest BCUT2D eigenvalue weighted by Crippen LogP contribution is 2.37. The first-order valence-electron chi connectivity index (χ1n) is 7.05. The second-order valence-corrected chi connectivity index (χ2v) is 7.30. The lowest BCUT2D eigenvalue weighted by atomic mass is 9.78. The minimum Gasteiger partial charge on any atom is -0.508 e. The number of aromatic hydroxyl groups is 1. The maximum absolute atomic E-state index is 10.3. The largest absolute Gasteiger partial charge is 0.508 e. The van der Waals surface area contributed by atoms with Gasteiger partial charge in [-0.2, -0.15) is 0 Å². The van der Waals surface area contributed by atoms with Crippen molar-refractivity contribution in [2.75, 3.05) is 0 Å². The highest BCUT2D eigenvalue weighted by atomic mass is 16.3. The molecule has 1 N–H and O–H groups in total. The summed E-state index contributed by atoms with van der Waals surface area (Å²) in [5.41, 5.74) is 3.58. The minimum absolute atomic E-state index is 0.0365. The van der Waals surface area contributed by atoms with Crippen LogP contribution in [-0.4, -0.2) is 5.11 Å². The van der Waals surface area contributed by atoms with Crippen LogP contribution >= 0.6 is 0 Å². The van der Waals surface area contributed by atoms with Crippen molar-refractivity contribution in [3.05, 3.63) is 41.0 Å². The van der Waals surface area contributed by atoms with E-state index in [1.54, 1.807) is 0 Å². The van der Waals surface area contributed by atoms with Crippen molar-refractivity contribution in [3.8, 4) is 5.75 Å². The van der Waals surface area contributed by atoms with Crippen LogP contribution in [0, 0.1) is 0 Å². The molecular weight excluding hydrogens is 232 g/mol. The molecule has 1 rings (SSSR count). The summed E-state index contributed by atoms with van der Waals surface area (Å²) in [6.07, 6.45) is 5.18. The van der Waals surface area contributed by atoms with Crippen LogP contribution in [0.25, 0.3) is 0 Å². The lowest BCUT2D eigenvalue weighted by Crippen LogP contribution is -2.17. The highest BCUT2D eigenvalue weighted by molar-refractivity contribution is 5.48. The van der Waals surface area contributed by atoms with Gasteiger partial charge in [0, 0.05) is 0 Å². The van der Waals surface area contributed by atoms with Gasteiger partial charge in [-0.05, 0) is 46.9 Å². The molecule has 0 aliphatic carbocycles. The molecule has 0 aromatic heterocycles. The third-order valence-corrected chi connectivity index (χ3v) is 3.41. The maximum Gasteiger partial charge on any atom is 0.119 e. The van der Waals surface area contributed by atoms with Gasteiger partial charge in [-0.15, -0.1) is 0 Å². The van der Waals surface area contributed by atoms with Crippen molar-refractivity contribution in [2.45, 2.75) is 65.7 Å². The van der Waals surface area contributed by atoms with Gasteiger partial charge in [-0.1, -0.05) is 59.8 Å². The van der Waals surface area contributed by atoms with Crippen molar-refractivity contribution in [1.82, 2.24) is 0 Å². The van der Waals surface area contributed by atoms with Crippen LogP contribution in [0.1, 0.15) is 65.2 Å². The van der Waals surface area contributed by atoms with Gasteiger partial charge in [-0.25, -0.2) is 0 Å². The Labute approximate surface area is 118 Å². The minimum atomic E-state index is -0.0365. The second kappa shape index (κ2) is 5.40. The molecule has 0 amide bonds. The van der Waals surface area contributed by atoms with Crippen LogP contribution in [0.15, 0.2) is 24.3 Å². The van der Waals surface area contributed by atoms with Crippen LogP contribution < -0.4 is 0 Å². The number of hydrogen-bond donors (Lipinski definition) is 1. The van der Waals surface area contributed by atoms with Crippen LogP contribution in [0.4, 0.5) is 0 Å². The van der Waals surface area contributed by atoms with Crippen molar-refractivity contribution in [3.63, 3.8) is 0 Å². The van der Waals surface area contributed by atoms with Gasteiger partial charge in [0.1, 0.15) is 5.75 Å². The third-order valence-electron chi connectivity index (χ3n) is 3.41. The average Bonchev–Trinajstić information content (AvgIpc) is 2.24. The van der Waals surface area contributed by atoms with E-state index in [9.17, 15) is 5.11 Å². The Bertz CT molecular complexity index is 468. The Morgan fingerprint density at radius 2 is 1.47 bits per heavy atom. The number of phenols is 1. The Balaban J connectivity index is 3.46. The fourth-order valence-electron chi connectivity index (χ4n) is 2.35. The number of benzene rings is 1. The summed E-state index contributed by atoms with van der Waals surface area (Å²) in [5, 5.41) is 10.3. The molecule has 0 radical (unpaired) electrons. The van der Waals surface area contributed by atoms with E-state index >= 15 is 0 Å². The molecule has 1 heteroatoms. The standard InChI is InChI=1S/C18H28O/c1-8-9-10-13-11-15(18(5,6)7)16(19)12-14(13)17(2,3)4/h8-9,11-12,19H,10H2,1-7H3. The SMILES string of the molecule is CC=CCc1cc(C(C)(C)C)c(O)cc1C(C)(C)C. The van der Waals surface area contributed by atoms with Gasteiger partial charge in [0.15, 0.2) is 0 Å². The zero-order chi connectivity index (χ0) is 14.8. The third kappa shape index (κ3) is 3.86. The fraction of sp³-hybridized carbons (Fsp3) is 0.556. The van der Waals surface area contributed by atoms with Crippen molar-refractivity contribution >= 4 is 0 Å². The molecule has 0 aliphatic heterocycles. The lowest BCUT2D eigenvalue weighted by Gasteiger charge is -2.27. The normalized spacial score (nSPS) is 13.2. The van der Waals surface area contributed by atoms with Gasteiger partial charge >= 0.3 is 0 Å². The molecule has 19 heavy (non-hydrogen) atoms. The van der Waals surface area contributed by atoms with Crippen molar-refractivity contribution in [1.29, 1.82) is 0 Å². The molecule has 106 valence electrons. The maximum atomic E-state index is 10.3. The van der Waals surface area contributed by atoms with Gasteiger partial charge in [-0.3, -0.25) is 0 Å². The molecule has 0 heterocycles. The molecule has 0 bridgehead atoms. The van der Waals surface area contributed by atoms with E-state index in [0.717, 1.165) is 12.0 Å². The molecule has 0 spiro atoms. The molecule has 0 atom stereocenters. The molecule has 0 aliphatic rings. The van der Waals surface area contributed by atoms with E-state index in [4.69, 9.17) is 0 Å². The molecule has 0 saturated heterocycles. The first-order valence-corrected chi connectivity index (χ1v) is 7.05. The van der Waals surface area contributed by atoms with E-state index in [1.807, 2.05) is 13.0 Å². The Hall–Kier alpha value is -1.24. The van der Waals surface area contributed by atoms with Gasteiger partial charge in [0.25, 0.3) is 0 Å². The van der Waals surface area contributed by atoms with Crippen LogP contribution in [0.5, 0.6) is 5.75 Å². The summed E-state index contributed by atoms with van der Waals surface area (Å²) in [4.78, 5) is 0. The van der Waals surface area contributed by atoms with Gasteiger partial charge in [0.05, 0.1) is 0 Å². The van der Waals surface area contributed by atoms with Crippen LogP contribution in [0.3, 0.4) is 0 Å². The number of phenolic OH excluding ortho intramolecular Hbond substituents is 1. The summed E-state index contributed by atoms with van der Waals surface area (Å²) < 4.78 is 0. The molecule has 1 aromatic carbocycles. The Morgan fingerprint density at radius 1 is 0.947 bits per heavy atom. The lowest BCUT2D eigenvalue weighted by molar-refractivity contribution is 0.442. The average molecular weight is 260 g/mol. The predicted octanol–water partition coefficient (Wildman–Crippen LogP) is 5.11. The molecule has 1 aromatic rings. The van der Waals surface area contributed by atoms with Gasteiger partial charge < -0.3 is 5.11 Å². The molecule has 0 unspecified atom stereocenters. The summed E-state index contributed by atoms with van der Waals surface area (Å²) in [7, 11) is 0. The van der Waals surface area contributed by atoms with Crippen molar-refractivity contribution < 1.29 is 5.11 Å². The van der Waals surface area contributed by atoms with E-state index in [0.29, 0.717) is 5.75 Å². The Kier molecular flexibility index (Phi) is 4.50. The summed E-state index contributed by atoms with van der Waals surface area (Å²) in [5.74, 6) is 0.418. The first kappa shape index (κ1) is 15.8. The molecule has 1 nitrogen and oxygen atoms in total. The van der Waals surface area contributed by atoms with Crippen LogP contribution in [0.2, 0.25) is 0 Å². The fourth-order valence-corrected chi connectivity index (χ4v) is 2.35. The zero-order valence-electron chi connectivity index (χ0n) is 13.5. The van der Waals surface area contributed by atoms with Gasteiger partial charge in [0.2, 0.25) is 0 Å². The van der Waals surface area contributed by atoms with E-state index in [1.165, 1.54) is 11.1 Å². The quantitative estimate of drug-likeness (QED) is 0.733. The predicted molar refractivity (Wildman–Crippen MR) is 84.0 cm³/mol. The number of rotatable bonds is 2. The van der Waals surface area contributed by atoms with E-state index < -0.39 is 0 Å². The second-order valence-electron chi connectivity index (χ2n) is 7.30. The Morgan fingerprint density at radius 3 is 1.89 bits per heavy atom. The van der Waals surface area contributed by atoms with Crippen molar-refractivity contribution in [2.24, 2.45) is 0 Å². The summed E-state index contributed by atoms with van der Waals surface area (Å²) >= 11 is 0. The van der Waals surface area contributed by atoms with E-state index in [2.05, 4.69) is 59.8 Å². The molecule has 0 fully saturated rings. The van der Waals surface area contributed by atoms with Crippen LogP contribution in [-0.2, 0) is 17.3 Å². The summed E-state index contributed by atoms with van der Waals surface area (Å²) in [6, 6.07) is 4.13. The zero-order valence-corrected chi connectivity index (χ0v) is 13.5. The monoisotopic (exact) mass is 260 g/mol. The molecule has 0 saturated carbocycles. The number of hydrogen-bond acceptors (Lipinski definition) is 1. The highest BCUT2D eigenvalue weighted by Gasteiger charge is 2.24. The smallest absolute Gasteiger partial charge is 0.119 e. The summed E-state index contributed by atoms with van der Waals surface area (Å²) in [6.45, 7) is 15.0.